The first kappa shape index (κ1) is 90.4. The van der Waals surface area contributed by atoms with Crippen LogP contribution in [0.15, 0.2) is 78.9 Å². The summed E-state index contributed by atoms with van der Waals surface area (Å²) in [6, 6.07) is 14.2. The molecule has 0 aromatic heterocycles. The summed E-state index contributed by atoms with van der Waals surface area (Å²) in [7, 11) is 5.96. The van der Waals surface area contributed by atoms with E-state index in [4.69, 9.17) is 43.7 Å². The van der Waals surface area contributed by atoms with Crippen molar-refractivity contribution in [3.05, 3.63) is 101 Å². The van der Waals surface area contributed by atoms with E-state index in [2.05, 4.69) is 31.9 Å². The van der Waals surface area contributed by atoms with Crippen LogP contribution in [0.1, 0.15) is 139 Å². The third kappa shape index (κ3) is 28.0. The number of methoxy groups -OCH3 is 2. The Kier molecular flexibility index (Phi) is 38.5. The fraction of sp³-hybridized carbons (Fsp3) is 0.610. The van der Waals surface area contributed by atoms with Gasteiger partial charge in [-0.3, -0.25) is 52.9 Å². The minimum atomic E-state index is -1.20. The van der Waals surface area contributed by atoms with E-state index < -0.39 is 144 Å². The summed E-state index contributed by atoms with van der Waals surface area (Å²) in [6.45, 7) is 17.9. The van der Waals surface area contributed by atoms with Gasteiger partial charge in [-0.1, -0.05) is 123 Å². The van der Waals surface area contributed by atoms with Gasteiger partial charge in [0.25, 0.3) is 11.8 Å². The van der Waals surface area contributed by atoms with Crippen LogP contribution in [-0.2, 0) is 89.4 Å². The molecular formula is C77H115N11O21. The highest BCUT2D eigenvalue weighted by atomic mass is 16.7. The van der Waals surface area contributed by atoms with Gasteiger partial charge in [0, 0.05) is 59.9 Å². The molecule has 109 heavy (non-hydrogen) atoms. The number of fused-ring (bicyclic) bond motifs is 1. The maximum absolute atomic E-state index is 14.9. The van der Waals surface area contributed by atoms with Crippen LogP contribution in [0.2, 0.25) is 0 Å². The van der Waals surface area contributed by atoms with E-state index in [-0.39, 0.29) is 128 Å². The van der Waals surface area contributed by atoms with Crippen LogP contribution < -0.4 is 37.6 Å². The van der Waals surface area contributed by atoms with E-state index in [0.717, 1.165) is 15.5 Å². The number of carbonyl (C=O) groups is 12. The Morgan fingerprint density at radius 1 is 0.624 bits per heavy atom. The molecule has 11 atom stereocenters. The smallest absolute Gasteiger partial charge is 0.410 e. The number of amides is 12. The number of likely N-dealkylation sites (N-methyl/N-ethyl adjacent to an activating group) is 2. The maximum Gasteiger partial charge on any atom is 0.410 e. The summed E-state index contributed by atoms with van der Waals surface area (Å²) in [6.07, 6.45) is -0.564. The summed E-state index contributed by atoms with van der Waals surface area (Å²) >= 11 is 0. The largest absolute Gasteiger partial charge is 0.480 e. The van der Waals surface area contributed by atoms with E-state index >= 15 is 0 Å². The summed E-state index contributed by atoms with van der Waals surface area (Å²) in [4.78, 5) is 170. The quantitative estimate of drug-likeness (QED) is 0.0277. The average Bonchev–Trinajstić information content (AvgIpc) is 1.68. The van der Waals surface area contributed by atoms with Gasteiger partial charge in [0.1, 0.15) is 36.8 Å². The Hall–Kier alpha value is -9.18. The topological polar surface area (TPSA) is 410 Å². The van der Waals surface area contributed by atoms with Crippen LogP contribution in [0, 0.1) is 29.6 Å². The number of hydroxylamine groups is 2. The number of ether oxygens (including phenoxy) is 7. The summed E-state index contributed by atoms with van der Waals surface area (Å²) in [5.74, 6) is -8.20. The molecule has 0 aliphatic carbocycles. The number of nitrogens with zero attached hydrogens (tertiary/aromatic N) is 4. The van der Waals surface area contributed by atoms with Crippen LogP contribution in [0.4, 0.5) is 15.3 Å². The van der Waals surface area contributed by atoms with Crippen molar-refractivity contribution in [3.63, 3.8) is 0 Å². The number of urea groups is 1. The number of carbonyl (C=O) groups excluding carboxylic acids is 11. The average molecular weight is 1530 g/mol. The van der Waals surface area contributed by atoms with E-state index in [9.17, 15) is 62.6 Å². The highest BCUT2D eigenvalue weighted by Crippen LogP contribution is 2.31. The summed E-state index contributed by atoms with van der Waals surface area (Å²) < 4.78 is 39.8. The van der Waals surface area contributed by atoms with Gasteiger partial charge in [0.05, 0.1) is 107 Å². The Morgan fingerprint density at radius 3 is 1.73 bits per heavy atom. The van der Waals surface area contributed by atoms with Crippen molar-refractivity contribution in [2.75, 3.05) is 106 Å². The number of likely N-dealkylation sites (tertiary alicyclic amines) is 1. The lowest BCUT2D eigenvalue weighted by Crippen LogP contribution is -2.60. The summed E-state index contributed by atoms with van der Waals surface area (Å²) in [5, 5.41) is 27.1. The van der Waals surface area contributed by atoms with E-state index in [1.165, 1.54) is 26.2 Å². The molecule has 2 heterocycles. The van der Waals surface area contributed by atoms with Gasteiger partial charge in [-0.2, -0.15) is 0 Å². The standard InChI is InChI=1S/C77H115N11O21/c1-14-50(8)66(60(102-12)45-62(90)87-34-21-27-59(87)67(103-13)51(9)68(91)82-58(75(98)99)44-52-22-16-15-17-23-52)85(10)74(97)64(48(4)5)84-71(94)65(49(6)7)86(11)77(101)108-46-53-28-30-54(31-29-53)80-69(92)57(26-20-33-79-76(78)100)81-70(93)63(47(2)3)83-61(89)32-35-104-36-37-105-38-39-106-40-41-107-42-43-109-88-72(95)55-24-18-19-25-56(55)73(88)96/h15-19,22-25,28-31,47-51,57-60,63-67H,14,20-21,26-27,32-46H2,1-13H3,(H,80,92)(H,81,93)(H,82,91)(H,83,89)(H,84,94)(H,98,99)(H3,78,79,100)/t50-,51+,57-,58-,59-,60+,63-,64-,65-,66?,67+/m0/s1. The SMILES string of the molecule is CC[C@H](C)C([C@@H](CC(=O)N1CCC[C@H]1[C@H](OC)[C@@H](C)C(=O)N[C@@H](Cc1ccccc1)C(=O)O)OC)N(C)C(=O)[C@@H](NC(=O)[C@H](C(C)C)N(C)C(=O)OCc1ccc(NC(=O)[C@H](CCCNC(N)=O)NC(=O)[C@@H](NC(=O)CCOCCOCCOCCOCCON2C(=O)c3ccccc3C2=O)C(C)C)cc1)C(C)C. The molecule has 12 amide bonds. The predicted molar refractivity (Wildman–Crippen MR) is 401 cm³/mol. The second-order valence-electron chi connectivity index (χ2n) is 28.2. The van der Waals surface area contributed by atoms with Crippen molar-refractivity contribution >= 4 is 76.9 Å². The number of carboxylic acid groups (broad SMARTS) is 1. The van der Waals surface area contributed by atoms with Crippen LogP contribution in [0.25, 0.3) is 0 Å². The van der Waals surface area contributed by atoms with E-state index in [0.29, 0.717) is 37.1 Å². The molecule has 0 saturated carbocycles. The number of imide groups is 1. The van der Waals surface area contributed by atoms with Gasteiger partial charge in [0.2, 0.25) is 41.4 Å². The molecule has 32 nitrogen and oxygen atoms in total. The molecule has 0 spiro atoms. The predicted octanol–water partition coefficient (Wildman–Crippen LogP) is 4.85. The van der Waals surface area contributed by atoms with Crippen molar-refractivity contribution in [2.24, 2.45) is 35.3 Å². The number of anilines is 1. The van der Waals surface area contributed by atoms with E-state index in [1.54, 1.807) is 133 Å². The molecular weight excluding hydrogens is 1410 g/mol. The number of primary amides is 1. The highest BCUT2D eigenvalue weighted by molar-refractivity contribution is 6.20. The molecule has 1 unspecified atom stereocenters. The fourth-order valence-electron chi connectivity index (χ4n) is 13.1. The van der Waals surface area contributed by atoms with Crippen molar-refractivity contribution in [1.82, 2.24) is 46.3 Å². The number of hydrogen-bond acceptors (Lipinski definition) is 20. The van der Waals surface area contributed by atoms with Crippen molar-refractivity contribution in [2.45, 2.75) is 175 Å². The number of rotatable bonds is 49. The molecule has 3 aromatic rings. The first-order valence-electron chi connectivity index (χ1n) is 37.3. The maximum atomic E-state index is 14.9. The van der Waals surface area contributed by atoms with Gasteiger partial charge in [0.15, 0.2) is 0 Å². The van der Waals surface area contributed by atoms with Gasteiger partial charge < -0.3 is 85.7 Å². The molecule has 32 heteroatoms. The number of nitrogens with one attached hydrogen (secondary N) is 6. The van der Waals surface area contributed by atoms with Crippen molar-refractivity contribution < 1.29 is 101 Å². The van der Waals surface area contributed by atoms with Gasteiger partial charge in [-0.15, -0.1) is 5.06 Å². The molecule has 604 valence electrons. The molecule has 5 rings (SSSR count). The number of benzene rings is 3. The van der Waals surface area contributed by atoms with Crippen LogP contribution in [-0.4, -0.2) is 251 Å². The zero-order valence-electron chi connectivity index (χ0n) is 65.2. The fourth-order valence-corrected chi connectivity index (χ4v) is 13.1. The third-order valence-corrected chi connectivity index (χ3v) is 19.2. The Morgan fingerprint density at radius 2 is 1.19 bits per heavy atom. The first-order chi connectivity index (χ1) is 51.9. The molecule has 0 bridgehead atoms. The first-order valence-corrected chi connectivity index (χ1v) is 37.3. The van der Waals surface area contributed by atoms with Gasteiger partial charge in [-0.05, 0) is 84.7 Å². The Bertz CT molecular complexity index is 3420. The number of carboxylic acids is 1. The van der Waals surface area contributed by atoms with Crippen LogP contribution in [0.5, 0.6) is 0 Å². The van der Waals surface area contributed by atoms with Gasteiger partial charge >= 0.3 is 18.1 Å². The lowest BCUT2D eigenvalue weighted by atomic mass is 9.89. The molecule has 2 aliphatic rings. The molecule has 0 radical (unpaired) electrons. The lowest BCUT2D eigenvalue weighted by molar-refractivity contribution is -0.148. The van der Waals surface area contributed by atoms with Gasteiger partial charge in [-0.25, -0.2) is 14.4 Å². The third-order valence-electron chi connectivity index (χ3n) is 19.2. The molecule has 1 fully saturated rings. The normalized spacial score (nSPS) is 16.2. The minimum Gasteiger partial charge on any atom is -0.480 e. The molecule has 3 aromatic carbocycles. The van der Waals surface area contributed by atoms with Crippen LogP contribution >= 0.6 is 0 Å². The summed E-state index contributed by atoms with van der Waals surface area (Å²) in [5.41, 5.74) is 7.41. The van der Waals surface area contributed by atoms with Crippen molar-refractivity contribution in [1.29, 1.82) is 0 Å². The zero-order valence-corrected chi connectivity index (χ0v) is 65.2. The highest BCUT2D eigenvalue weighted by Gasteiger charge is 2.45. The second-order valence-corrected chi connectivity index (χ2v) is 28.2. The molecule has 1 saturated heterocycles. The Balaban J connectivity index is 1.08. The monoisotopic (exact) mass is 1530 g/mol. The number of hydrogen-bond donors (Lipinski definition) is 8. The van der Waals surface area contributed by atoms with E-state index in [1.807, 2.05) is 19.9 Å². The van der Waals surface area contributed by atoms with Crippen molar-refractivity contribution in [3.8, 4) is 0 Å². The zero-order chi connectivity index (χ0) is 80.4. The number of nitrogens with two attached hydrogens (primary N) is 1. The minimum absolute atomic E-state index is 0.00919. The lowest BCUT2D eigenvalue weighted by Gasteiger charge is -2.41. The van der Waals surface area contributed by atoms with Crippen LogP contribution in [0.3, 0.4) is 0 Å². The molecule has 2 aliphatic heterocycles. The number of aliphatic carboxylic acids is 1. The molecule has 9 N–H and O–H groups in total. The second kappa shape index (κ2) is 46.4. The Labute approximate surface area is 638 Å².